The van der Waals surface area contributed by atoms with E-state index in [1.54, 1.807) is 12.1 Å². The summed E-state index contributed by atoms with van der Waals surface area (Å²) >= 11 is 5.81. The number of amides is 1. The second-order valence-electron chi connectivity index (χ2n) is 5.98. The van der Waals surface area contributed by atoms with Gasteiger partial charge in [0.25, 0.3) is 5.91 Å². The van der Waals surface area contributed by atoms with Crippen molar-refractivity contribution in [3.63, 3.8) is 0 Å². The zero-order chi connectivity index (χ0) is 15.4. The zero-order valence-electron chi connectivity index (χ0n) is 12.6. The van der Waals surface area contributed by atoms with Crippen molar-refractivity contribution in [1.29, 1.82) is 0 Å². The van der Waals surface area contributed by atoms with Crippen LogP contribution in [0.5, 0.6) is 5.75 Å². The van der Waals surface area contributed by atoms with Crippen LogP contribution in [0.3, 0.4) is 0 Å². The summed E-state index contributed by atoms with van der Waals surface area (Å²) in [5, 5.41) is 13.8. The Balaban J connectivity index is 2.01. The Bertz CT molecular complexity index is 505. The van der Waals surface area contributed by atoms with Crippen LogP contribution in [0.15, 0.2) is 18.2 Å². The Labute approximate surface area is 131 Å². The van der Waals surface area contributed by atoms with Gasteiger partial charge >= 0.3 is 0 Å². The lowest BCUT2D eigenvalue weighted by atomic mass is 9.97. The smallest absolute Gasteiger partial charge is 0.257 e. The first-order chi connectivity index (χ1) is 9.97. The van der Waals surface area contributed by atoms with E-state index in [4.69, 9.17) is 11.6 Å². The molecular weight excluding hydrogens is 288 g/mol. The van der Waals surface area contributed by atoms with Gasteiger partial charge in [-0.05, 0) is 43.5 Å². The monoisotopic (exact) mass is 310 g/mol. The molecule has 1 amide bonds. The second kappa shape index (κ2) is 7.14. The van der Waals surface area contributed by atoms with E-state index < -0.39 is 0 Å². The number of rotatable bonds is 4. The summed E-state index contributed by atoms with van der Waals surface area (Å²) in [7, 11) is 0. The largest absolute Gasteiger partial charge is 0.507 e. The molecule has 1 atom stereocenters. The Hall–Kier alpha value is -1.26. The molecule has 116 valence electrons. The summed E-state index contributed by atoms with van der Waals surface area (Å²) < 4.78 is 0. The Morgan fingerprint density at radius 1 is 1.52 bits per heavy atom. The molecule has 1 aliphatic heterocycles. The summed E-state index contributed by atoms with van der Waals surface area (Å²) in [5.74, 6) is 0.313. The molecule has 1 fully saturated rings. The minimum atomic E-state index is -0.113. The molecule has 0 aromatic heterocycles. The molecule has 0 aliphatic carbocycles. The summed E-state index contributed by atoms with van der Waals surface area (Å²) in [4.78, 5) is 14.4. The summed E-state index contributed by atoms with van der Waals surface area (Å²) in [6.07, 6.45) is 2.14. The van der Waals surface area contributed by atoms with Gasteiger partial charge in [-0.2, -0.15) is 0 Å². The quantitative estimate of drug-likeness (QED) is 0.899. The minimum absolute atomic E-state index is 0.0464. The number of carbonyl (C=O) groups excluding carboxylic acids is 1. The molecule has 21 heavy (non-hydrogen) atoms. The molecular formula is C16H23ClN2O2. The second-order valence-corrected chi connectivity index (χ2v) is 6.42. The van der Waals surface area contributed by atoms with Gasteiger partial charge in [0, 0.05) is 24.2 Å². The van der Waals surface area contributed by atoms with Crippen molar-refractivity contribution in [1.82, 2.24) is 10.2 Å². The van der Waals surface area contributed by atoms with Gasteiger partial charge in [0.1, 0.15) is 5.75 Å². The van der Waals surface area contributed by atoms with Gasteiger partial charge in [0.05, 0.1) is 5.56 Å². The molecule has 1 saturated heterocycles. The Kier molecular flexibility index (Phi) is 5.48. The lowest BCUT2D eigenvalue weighted by Crippen LogP contribution is -2.43. The third-order valence-corrected chi connectivity index (χ3v) is 4.05. The van der Waals surface area contributed by atoms with Crippen molar-refractivity contribution in [3.05, 3.63) is 28.8 Å². The molecule has 4 nitrogen and oxygen atoms in total. The standard InChI is InChI=1S/C16H23ClN2O2/c1-11(2)18-9-12-4-3-7-19(10-12)16(21)14-6-5-13(17)8-15(14)20/h5-6,8,11-12,18,20H,3-4,7,9-10H2,1-2H3. The molecule has 0 radical (unpaired) electrons. The maximum Gasteiger partial charge on any atom is 0.257 e. The van der Waals surface area contributed by atoms with Crippen LogP contribution in [0.4, 0.5) is 0 Å². The number of carbonyl (C=O) groups is 1. The van der Waals surface area contributed by atoms with E-state index in [1.807, 2.05) is 4.90 Å². The number of hydrogen-bond acceptors (Lipinski definition) is 3. The van der Waals surface area contributed by atoms with Crippen LogP contribution in [0, 0.1) is 5.92 Å². The molecule has 1 aromatic rings. The predicted molar refractivity (Wildman–Crippen MR) is 84.9 cm³/mol. The van der Waals surface area contributed by atoms with E-state index in [2.05, 4.69) is 19.2 Å². The molecule has 2 N–H and O–H groups in total. The molecule has 5 heteroatoms. The number of nitrogens with zero attached hydrogens (tertiary/aromatic N) is 1. The van der Waals surface area contributed by atoms with Crippen molar-refractivity contribution < 1.29 is 9.90 Å². The number of halogens is 1. The maximum atomic E-state index is 12.5. The third-order valence-electron chi connectivity index (χ3n) is 3.81. The van der Waals surface area contributed by atoms with E-state index >= 15 is 0 Å². The van der Waals surface area contributed by atoms with E-state index in [9.17, 15) is 9.90 Å². The maximum absolute atomic E-state index is 12.5. The van der Waals surface area contributed by atoms with Crippen LogP contribution in [0.1, 0.15) is 37.0 Å². The fourth-order valence-electron chi connectivity index (χ4n) is 2.67. The SMILES string of the molecule is CC(C)NCC1CCCN(C(=O)c2ccc(Cl)cc2O)C1. The van der Waals surface area contributed by atoms with E-state index in [0.29, 0.717) is 22.5 Å². The van der Waals surface area contributed by atoms with Gasteiger partial charge in [-0.15, -0.1) is 0 Å². The molecule has 1 unspecified atom stereocenters. The Morgan fingerprint density at radius 3 is 2.95 bits per heavy atom. The van der Waals surface area contributed by atoms with Crippen LogP contribution in [-0.4, -0.2) is 41.6 Å². The zero-order valence-corrected chi connectivity index (χ0v) is 13.4. The highest BCUT2D eigenvalue weighted by molar-refractivity contribution is 6.30. The minimum Gasteiger partial charge on any atom is -0.507 e. The number of aromatic hydroxyl groups is 1. The molecule has 1 aromatic carbocycles. The van der Waals surface area contributed by atoms with Crippen LogP contribution < -0.4 is 5.32 Å². The van der Waals surface area contributed by atoms with Crippen molar-refractivity contribution in [3.8, 4) is 5.75 Å². The summed E-state index contributed by atoms with van der Waals surface area (Å²) in [6, 6.07) is 5.10. The molecule has 0 bridgehead atoms. The Morgan fingerprint density at radius 2 is 2.29 bits per heavy atom. The van der Waals surface area contributed by atoms with E-state index in [0.717, 1.165) is 32.5 Å². The first-order valence-corrected chi connectivity index (χ1v) is 7.86. The number of benzene rings is 1. The average Bonchev–Trinajstić information content (AvgIpc) is 2.45. The number of nitrogens with one attached hydrogen (secondary N) is 1. The predicted octanol–water partition coefficient (Wildman–Crippen LogP) is 2.90. The summed E-state index contributed by atoms with van der Waals surface area (Å²) in [6.45, 7) is 6.66. The van der Waals surface area contributed by atoms with Crippen LogP contribution in [0.2, 0.25) is 5.02 Å². The fourth-order valence-corrected chi connectivity index (χ4v) is 2.84. The first kappa shape index (κ1) is 16.1. The average molecular weight is 311 g/mol. The number of phenols is 1. The molecule has 1 heterocycles. The first-order valence-electron chi connectivity index (χ1n) is 7.48. The van der Waals surface area contributed by atoms with Crippen molar-refractivity contribution >= 4 is 17.5 Å². The number of likely N-dealkylation sites (tertiary alicyclic amines) is 1. The molecule has 2 rings (SSSR count). The number of phenolic OH excluding ortho intramolecular Hbond substituents is 1. The topological polar surface area (TPSA) is 52.6 Å². The van der Waals surface area contributed by atoms with Crippen LogP contribution in [0.25, 0.3) is 0 Å². The van der Waals surface area contributed by atoms with E-state index in [1.165, 1.54) is 6.07 Å². The fraction of sp³-hybridized carbons (Fsp3) is 0.562. The van der Waals surface area contributed by atoms with Crippen molar-refractivity contribution in [2.24, 2.45) is 5.92 Å². The van der Waals surface area contributed by atoms with Gasteiger partial charge in [0.15, 0.2) is 0 Å². The number of hydrogen-bond donors (Lipinski definition) is 2. The highest BCUT2D eigenvalue weighted by atomic mass is 35.5. The van der Waals surface area contributed by atoms with E-state index in [-0.39, 0.29) is 11.7 Å². The van der Waals surface area contributed by atoms with Gasteiger partial charge in [0.2, 0.25) is 0 Å². The number of piperidine rings is 1. The summed E-state index contributed by atoms with van der Waals surface area (Å²) in [5.41, 5.74) is 0.330. The molecule has 0 spiro atoms. The van der Waals surface area contributed by atoms with Crippen molar-refractivity contribution in [2.45, 2.75) is 32.7 Å². The highest BCUT2D eigenvalue weighted by Crippen LogP contribution is 2.25. The van der Waals surface area contributed by atoms with Crippen molar-refractivity contribution in [2.75, 3.05) is 19.6 Å². The van der Waals surface area contributed by atoms with Gasteiger partial charge in [-0.1, -0.05) is 25.4 Å². The third kappa shape index (κ3) is 4.35. The van der Waals surface area contributed by atoms with Gasteiger partial charge in [-0.25, -0.2) is 0 Å². The highest BCUT2D eigenvalue weighted by Gasteiger charge is 2.25. The molecule has 0 saturated carbocycles. The van der Waals surface area contributed by atoms with Gasteiger partial charge in [-0.3, -0.25) is 4.79 Å². The lowest BCUT2D eigenvalue weighted by Gasteiger charge is -2.33. The van der Waals surface area contributed by atoms with Crippen LogP contribution in [-0.2, 0) is 0 Å². The van der Waals surface area contributed by atoms with Crippen LogP contribution >= 0.6 is 11.6 Å². The normalized spacial score (nSPS) is 19.0. The lowest BCUT2D eigenvalue weighted by molar-refractivity contribution is 0.0669. The van der Waals surface area contributed by atoms with Gasteiger partial charge < -0.3 is 15.3 Å². The molecule has 1 aliphatic rings.